The van der Waals surface area contributed by atoms with E-state index in [2.05, 4.69) is 155 Å². The third-order valence-electron chi connectivity index (χ3n) is 8.08. The Morgan fingerprint density at radius 3 is 1.56 bits per heavy atom. The van der Waals surface area contributed by atoms with E-state index in [1.54, 1.807) is 0 Å². The minimum absolute atomic E-state index is 1.11. The summed E-state index contributed by atoms with van der Waals surface area (Å²) in [5, 5.41) is 12.7. The van der Waals surface area contributed by atoms with Crippen molar-refractivity contribution in [1.82, 2.24) is 0 Å². The molecular weight excluding hydrogens is 536 g/mol. The lowest BCUT2D eigenvalue weighted by molar-refractivity contribution is 1.68. The molecular formula is C38H23Br. The second-order valence-corrected chi connectivity index (χ2v) is 11.2. The highest BCUT2D eigenvalue weighted by Crippen LogP contribution is 2.45. The van der Waals surface area contributed by atoms with Gasteiger partial charge in [-0.2, -0.15) is 0 Å². The molecule has 182 valence electrons. The number of hydrogen-bond donors (Lipinski definition) is 0. The van der Waals surface area contributed by atoms with Crippen LogP contribution in [0.3, 0.4) is 0 Å². The van der Waals surface area contributed by atoms with Gasteiger partial charge < -0.3 is 0 Å². The zero-order chi connectivity index (χ0) is 25.9. The summed E-state index contributed by atoms with van der Waals surface area (Å²) in [6.07, 6.45) is 0. The average molecular weight is 560 g/mol. The molecule has 1 heteroatoms. The van der Waals surface area contributed by atoms with Crippen LogP contribution in [0.1, 0.15) is 0 Å². The molecule has 0 bridgehead atoms. The van der Waals surface area contributed by atoms with Crippen LogP contribution < -0.4 is 0 Å². The maximum Gasteiger partial charge on any atom is 0.0181 e. The van der Waals surface area contributed by atoms with Crippen LogP contribution in [-0.2, 0) is 0 Å². The summed E-state index contributed by atoms with van der Waals surface area (Å²) in [5.74, 6) is 0. The normalized spacial score (nSPS) is 11.7. The summed E-state index contributed by atoms with van der Waals surface area (Å²) >= 11 is 3.62. The number of halogens is 1. The highest BCUT2D eigenvalue weighted by Gasteiger charge is 2.18. The Hall–Kier alpha value is -4.46. The molecule has 0 saturated heterocycles. The van der Waals surface area contributed by atoms with Gasteiger partial charge in [-0.15, -0.1) is 0 Å². The Bertz CT molecular complexity index is 2180. The molecule has 0 amide bonds. The largest absolute Gasteiger partial charge is 0.0616 e. The van der Waals surface area contributed by atoms with Crippen LogP contribution in [0.4, 0.5) is 0 Å². The number of hydrogen-bond acceptors (Lipinski definition) is 0. The molecule has 0 heterocycles. The Kier molecular flexibility index (Phi) is 5.08. The summed E-state index contributed by atoms with van der Waals surface area (Å²) in [4.78, 5) is 0. The Labute approximate surface area is 235 Å². The molecule has 0 aromatic heterocycles. The number of rotatable bonds is 2. The predicted octanol–water partition coefficient (Wildman–Crippen LogP) is 11.5. The van der Waals surface area contributed by atoms with Crippen molar-refractivity contribution in [3.8, 4) is 22.3 Å². The SMILES string of the molecule is Brc1ccc2c(ccc3cc(-c4c5ccccc5c(-c5cccc6ccccc56)c5ccccc45)ccc32)c1. The summed E-state index contributed by atoms with van der Waals surface area (Å²) in [5.41, 5.74) is 5.13. The maximum atomic E-state index is 3.62. The van der Waals surface area contributed by atoms with Gasteiger partial charge in [-0.1, -0.05) is 137 Å². The van der Waals surface area contributed by atoms with E-state index in [9.17, 15) is 0 Å². The van der Waals surface area contributed by atoms with Crippen LogP contribution in [0.5, 0.6) is 0 Å². The lowest BCUT2D eigenvalue weighted by Crippen LogP contribution is -1.91. The van der Waals surface area contributed by atoms with E-state index in [-0.39, 0.29) is 0 Å². The topological polar surface area (TPSA) is 0 Å². The maximum absolute atomic E-state index is 3.62. The van der Waals surface area contributed by atoms with Crippen molar-refractivity contribution in [3.63, 3.8) is 0 Å². The Morgan fingerprint density at radius 1 is 0.333 bits per heavy atom. The predicted molar refractivity (Wildman–Crippen MR) is 173 cm³/mol. The molecule has 0 atom stereocenters. The van der Waals surface area contributed by atoms with Gasteiger partial charge in [-0.25, -0.2) is 0 Å². The lowest BCUT2D eigenvalue weighted by atomic mass is 9.84. The summed E-state index contributed by atoms with van der Waals surface area (Å²) < 4.78 is 1.11. The first-order valence-electron chi connectivity index (χ1n) is 13.3. The summed E-state index contributed by atoms with van der Waals surface area (Å²) in [6, 6.07) is 51.1. The van der Waals surface area contributed by atoms with Crippen molar-refractivity contribution >= 4 is 69.8 Å². The molecule has 0 aliphatic heterocycles. The Morgan fingerprint density at radius 2 is 0.872 bits per heavy atom. The van der Waals surface area contributed by atoms with E-state index in [1.807, 2.05) is 0 Å². The standard InChI is InChI=1S/C38H23Br/c39-28-19-21-31-26(23-28)17-16-25-22-27(18-20-30(25)31)37-33-11-3-5-13-35(33)38(36-14-6-4-12-34(36)37)32-15-7-9-24-8-1-2-10-29(24)32/h1-23H. The average Bonchev–Trinajstić information content (AvgIpc) is 2.99. The molecule has 0 spiro atoms. The minimum atomic E-state index is 1.11. The second kappa shape index (κ2) is 8.80. The van der Waals surface area contributed by atoms with Crippen molar-refractivity contribution in [2.75, 3.05) is 0 Å². The van der Waals surface area contributed by atoms with Crippen molar-refractivity contribution < 1.29 is 0 Å². The Balaban J connectivity index is 1.47. The molecule has 0 unspecified atom stereocenters. The third kappa shape index (κ3) is 3.51. The summed E-state index contributed by atoms with van der Waals surface area (Å²) in [7, 11) is 0. The minimum Gasteiger partial charge on any atom is -0.0616 e. The van der Waals surface area contributed by atoms with Crippen LogP contribution in [-0.4, -0.2) is 0 Å². The van der Waals surface area contributed by atoms with Gasteiger partial charge in [0.05, 0.1) is 0 Å². The highest BCUT2D eigenvalue weighted by atomic mass is 79.9. The van der Waals surface area contributed by atoms with Gasteiger partial charge in [0.1, 0.15) is 0 Å². The van der Waals surface area contributed by atoms with Gasteiger partial charge in [-0.3, -0.25) is 0 Å². The molecule has 0 fully saturated rings. The molecule has 8 aromatic rings. The van der Waals surface area contributed by atoms with E-state index in [0.717, 1.165) is 4.47 Å². The first-order chi connectivity index (χ1) is 19.3. The fraction of sp³-hybridized carbons (Fsp3) is 0. The van der Waals surface area contributed by atoms with Gasteiger partial charge >= 0.3 is 0 Å². The third-order valence-corrected chi connectivity index (χ3v) is 8.57. The molecule has 0 nitrogen and oxygen atoms in total. The second-order valence-electron chi connectivity index (χ2n) is 10.2. The van der Waals surface area contributed by atoms with E-state index in [1.165, 1.54) is 76.1 Å². The van der Waals surface area contributed by atoms with E-state index < -0.39 is 0 Å². The van der Waals surface area contributed by atoms with E-state index in [0.29, 0.717) is 0 Å². The molecule has 0 radical (unpaired) electrons. The van der Waals surface area contributed by atoms with Crippen molar-refractivity contribution in [2.45, 2.75) is 0 Å². The number of benzene rings is 8. The van der Waals surface area contributed by atoms with E-state index in [4.69, 9.17) is 0 Å². The van der Waals surface area contributed by atoms with E-state index >= 15 is 0 Å². The molecule has 39 heavy (non-hydrogen) atoms. The van der Waals surface area contributed by atoms with Gasteiger partial charge in [-0.05, 0) is 94.3 Å². The molecule has 8 rings (SSSR count). The van der Waals surface area contributed by atoms with Crippen LogP contribution in [0.2, 0.25) is 0 Å². The first kappa shape index (κ1) is 22.5. The molecule has 0 saturated carbocycles. The van der Waals surface area contributed by atoms with Gasteiger partial charge in [0.15, 0.2) is 0 Å². The summed E-state index contributed by atoms with van der Waals surface area (Å²) in [6.45, 7) is 0. The fourth-order valence-electron chi connectivity index (χ4n) is 6.37. The monoisotopic (exact) mass is 558 g/mol. The number of fused-ring (bicyclic) bond motifs is 6. The van der Waals surface area contributed by atoms with Crippen molar-refractivity contribution in [3.05, 3.63) is 144 Å². The molecule has 0 N–H and O–H groups in total. The molecule has 0 aliphatic carbocycles. The van der Waals surface area contributed by atoms with Gasteiger partial charge in [0.25, 0.3) is 0 Å². The van der Waals surface area contributed by atoms with Crippen molar-refractivity contribution in [1.29, 1.82) is 0 Å². The lowest BCUT2D eigenvalue weighted by Gasteiger charge is -2.19. The smallest absolute Gasteiger partial charge is 0.0181 e. The quantitative estimate of drug-likeness (QED) is 0.146. The van der Waals surface area contributed by atoms with Crippen LogP contribution in [0, 0.1) is 0 Å². The van der Waals surface area contributed by atoms with Crippen LogP contribution in [0.15, 0.2) is 144 Å². The zero-order valence-corrected chi connectivity index (χ0v) is 22.7. The van der Waals surface area contributed by atoms with Crippen molar-refractivity contribution in [2.24, 2.45) is 0 Å². The first-order valence-corrected chi connectivity index (χ1v) is 14.1. The highest BCUT2D eigenvalue weighted by molar-refractivity contribution is 9.10. The van der Waals surface area contributed by atoms with Crippen LogP contribution >= 0.6 is 15.9 Å². The van der Waals surface area contributed by atoms with Gasteiger partial charge in [0, 0.05) is 4.47 Å². The van der Waals surface area contributed by atoms with Crippen LogP contribution in [0.25, 0.3) is 76.1 Å². The molecule has 0 aliphatic rings. The fourth-order valence-corrected chi connectivity index (χ4v) is 6.75. The molecule has 8 aromatic carbocycles. The zero-order valence-electron chi connectivity index (χ0n) is 21.2. The van der Waals surface area contributed by atoms with Gasteiger partial charge in [0.2, 0.25) is 0 Å².